The average molecular weight is 292 g/mol. The maximum atomic E-state index is 13.9. The third-order valence-corrected chi connectivity index (χ3v) is 3.41. The fourth-order valence-corrected chi connectivity index (χ4v) is 2.29. The van der Waals surface area contributed by atoms with Crippen LogP contribution in [0.2, 0.25) is 0 Å². The summed E-state index contributed by atoms with van der Waals surface area (Å²) in [6.07, 6.45) is 2.24. The monoisotopic (exact) mass is 292 g/mol. The second-order valence-electron chi connectivity index (χ2n) is 5.11. The van der Waals surface area contributed by atoms with Crippen LogP contribution >= 0.6 is 0 Å². The lowest BCUT2D eigenvalue weighted by molar-refractivity contribution is -0.145. The first-order chi connectivity index (χ1) is 9.74. The highest BCUT2D eigenvalue weighted by molar-refractivity contribution is 5.96. The van der Waals surface area contributed by atoms with E-state index < -0.39 is 23.2 Å². The highest BCUT2D eigenvalue weighted by Gasteiger charge is 2.37. The summed E-state index contributed by atoms with van der Waals surface area (Å²) < 4.78 is 13.9. The Labute approximate surface area is 119 Å². The zero-order chi connectivity index (χ0) is 15.8. The Morgan fingerprint density at radius 1 is 1.29 bits per heavy atom. The van der Waals surface area contributed by atoms with Gasteiger partial charge in [-0.25, -0.2) is 9.18 Å². The van der Waals surface area contributed by atoms with Gasteiger partial charge in [0, 0.05) is 5.57 Å². The number of aliphatic carboxylic acids is 2. The molecule has 0 aliphatic heterocycles. The molecule has 0 aromatic heterocycles. The average Bonchev–Trinajstić information content (AvgIpc) is 2.37. The first-order valence-electron chi connectivity index (χ1n) is 6.12. The normalized spacial score (nSPS) is 21.4. The first-order valence-corrected chi connectivity index (χ1v) is 6.12. The molecule has 0 saturated carbocycles. The van der Waals surface area contributed by atoms with Gasteiger partial charge in [-0.1, -0.05) is 12.1 Å². The van der Waals surface area contributed by atoms with Crippen molar-refractivity contribution in [3.05, 3.63) is 47.3 Å². The molecule has 0 heterocycles. The molecule has 2 rings (SSSR count). The van der Waals surface area contributed by atoms with Crippen molar-refractivity contribution in [1.82, 2.24) is 0 Å². The summed E-state index contributed by atoms with van der Waals surface area (Å²) in [5.41, 5.74) is -1.80. The minimum absolute atomic E-state index is 0.0409. The number of carbonyl (C=O) groups is 2. The number of halogens is 1. The number of carboxylic acids is 2. The van der Waals surface area contributed by atoms with Crippen LogP contribution in [0.4, 0.5) is 4.39 Å². The summed E-state index contributed by atoms with van der Waals surface area (Å²) in [7, 11) is 0. The van der Waals surface area contributed by atoms with Crippen molar-refractivity contribution in [3.63, 3.8) is 0 Å². The van der Waals surface area contributed by atoms with E-state index in [-0.39, 0.29) is 28.9 Å². The Morgan fingerprint density at radius 2 is 1.95 bits per heavy atom. The highest BCUT2D eigenvalue weighted by atomic mass is 19.1. The molecule has 0 bridgehead atoms. The summed E-state index contributed by atoms with van der Waals surface area (Å²) in [5, 5.41) is 28.2. The number of allylic oxidation sites excluding steroid dienone is 2. The summed E-state index contributed by atoms with van der Waals surface area (Å²) in [6.45, 7) is 1.35. The van der Waals surface area contributed by atoms with Crippen molar-refractivity contribution in [2.45, 2.75) is 13.3 Å². The fourth-order valence-electron chi connectivity index (χ4n) is 2.29. The topological polar surface area (TPSA) is 94.8 Å². The molecule has 21 heavy (non-hydrogen) atoms. The Kier molecular flexibility index (Phi) is 3.55. The molecule has 0 saturated heterocycles. The summed E-state index contributed by atoms with van der Waals surface area (Å²) in [4.78, 5) is 22.5. The van der Waals surface area contributed by atoms with E-state index in [0.29, 0.717) is 0 Å². The van der Waals surface area contributed by atoms with Crippen LogP contribution < -0.4 is 0 Å². The van der Waals surface area contributed by atoms with Crippen LogP contribution in [0.1, 0.15) is 18.9 Å². The van der Waals surface area contributed by atoms with Crippen LogP contribution in [0.25, 0.3) is 5.57 Å². The molecule has 0 radical (unpaired) electrons. The molecule has 0 spiro atoms. The summed E-state index contributed by atoms with van der Waals surface area (Å²) >= 11 is 0. The minimum Gasteiger partial charge on any atom is -0.507 e. The molecule has 1 aromatic rings. The van der Waals surface area contributed by atoms with E-state index >= 15 is 0 Å². The van der Waals surface area contributed by atoms with Crippen molar-refractivity contribution in [2.24, 2.45) is 5.41 Å². The van der Waals surface area contributed by atoms with Crippen molar-refractivity contribution >= 4 is 17.5 Å². The quantitative estimate of drug-likeness (QED) is 0.795. The van der Waals surface area contributed by atoms with E-state index in [2.05, 4.69) is 0 Å². The van der Waals surface area contributed by atoms with E-state index in [0.717, 1.165) is 6.07 Å². The molecule has 1 aliphatic carbocycles. The number of hydrogen-bond donors (Lipinski definition) is 3. The van der Waals surface area contributed by atoms with Crippen LogP contribution in [0, 0.1) is 11.2 Å². The maximum Gasteiger partial charge on any atom is 0.331 e. The number of phenols is 1. The van der Waals surface area contributed by atoms with Gasteiger partial charge in [-0.2, -0.15) is 0 Å². The molecular weight excluding hydrogens is 279 g/mol. The second-order valence-corrected chi connectivity index (χ2v) is 5.11. The summed E-state index contributed by atoms with van der Waals surface area (Å²) in [6, 6.07) is 3.66. The minimum atomic E-state index is -1.48. The molecule has 0 fully saturated rings. The van der Waals surface area contributed by atoms with E-state index in [1.54, 1.807) is 0 Å². The number of hydrogen-bond acceptors (Lipinski definition) is 3. The number of aromatic hydroxyl groups is 1. The molecule has 1 atom stereocenters. The number of benzene rings is 1. The Balaban J connectivity index is 2.67. The molecule has 1 unspecified atom stereocenters. The molecule has 110 valence electrons. The van der Waals surface area contributed by atoms with Gasteiger partial charge in [-0.05, 0) is 37.1 Å². The van der Waals surface area contributed by atoms with E-state index in [1.165, 1.54) is 31.2 Å². The lowest BCUT2D eigenvalue weighted by Gasteiger charge is -2.26. The van der Waals surface area contributed by atoms with E-state index in [1.807, 2.05) is 0 Å². The van der Waals surface area contributed by atoms with Gasteiger partial charge in [0.2, 0.25) is 0 Å². The second kappa shape index (κ2) is 5.05. The standard InChI is InChI=1S/C15H13FO5/c1-15(14(20)21)6-8(5-9(7-15)13(18)19)12-10(16)3-2-4-11(12)17/h2-6,17H,7H2,1H3,(H,18,19)(H,20,21). The molecule has 1 aromatic carbocycles. The number of rotatable bonds is 3. The van der Waals surface area contributed by atoms with Crippen molar-refractivity contribution in [3.8, 4) is 5.75 Å². The van der Waals surface area contributed by atoms with Gasteiger partial charge in [0.15, 0.2) is 0 Å². The molecule has 6 heteroatoms. The predicted octanol–water partition coefficient (Wildman–Crippen LogP) is 2.42. The Hall–Kier alpha value is -2.63. The van der Waals surface area contributed by atoms with Gasteiger partial charge in [0.1, 0.15) is 11.6 Å². The van der Waals surface area contributed by atoms with Crippen molar-refractivity contribution < 1.29 is 29.3 Å². The molecule has 5 nitrogen and oxygen atoms in total. The van der Waals surface area contributed by atoms with Gasteiger partial charge in [0.25, 0.3) is 0 Å². The molecule has 1 aliphatic rings. The van der Waals surface area contributed by atoms with Crippen LogP contribution in [0.15, 0.2) is 35.9 Å². The molecule has 3 N–H and O–H groups in total. The lowest BCUT2D eigenvalue weighted by Crippen LogP contribution is -2.29. The number of carboxylic acid groups (broad SMARTS) is 2. The SMILES string of the molecule is CC1(C(=O)O)C=C(c2c(O)cccc2F)C=C(C(=O)O)C1. The van der Waals surface area contributed by atoms with Crippen LogP contribution in [0.3, 0.4) is 0 Å². The number of phenolic OH excluding ortho intramolecular Hbond substituents is 1. The first kappa shape index (κ1) is 14.8. The van der Waals surface area contributed by atoms with Gasteiger partial charge in [-0.3, -0.25) is 4.79 Å². The summed E-state index contributed by atoms with van der Waals surface area (Å²) in [5.74, 6) is -3.62. The fraction of sp³-hybridized carbons (Fsp3) is 0.200. The predicted molar refractivity (Wildman–Crippen MR) is 72.1 cm³/mol. The van der Waals surface area contributed by atoms with Crippen molar-refractivity contribution in [1.29, 1.82) is 0 Å². The zero-order valence-corrected chi connectivity index (χ0v) is 11.1. The Morgan fingerprint density at radius 3 is 2.48 bits per heavy atom. The molecule has 0 amide bonds. The Bertz CT molecular complexity index is 669. The van der Waals surface area contributed by atoms with Crippen LogP contribution in [0.5, 0.6) is 5.75 Å². The maximum absolute atomic E-state index is 13.9. The largest absolute Gasteiger partial charge is 0.507 e. The van der Waals surface area contributed by atoms with Crippen molar-refractivity contribution in [2.75, 3.05) is 0 Å². The van der Waals surface area contributed by atoms with Gasteiger partial charge in [0.05, 0.1) is 11.0 Å². The molecular formula is C15H13FO5. The van der Waals surface area contributed by atoms with Crippen LogP contribution in [-0.2, 0) is 9.59 Å². The van der Waals surface area contributed by atoms with Crippen LogP contribution in [-0.4, -0.2) is 27.3 Å². The van der Waals surface area contributed by atoms with E-state index in [4.69, 9.17) is 5.11 Å². The lowest BCUT2D eigenvalue weighted by atomic mass is 9.76. The van der Waals surface area contributed by atoms with Gasteiger partial charge in [-0.15, -0.1) is 0 Å². The van der Waals surface area contributed by atoms with Gasteiger partial charge < -0.3 is 15.3 Å². The van der Waals surface area contributed by atoms with E-state index in [9.17, 15) is 24.2 Å². The zero-order valence-electron chi connectivity index (χ0n) is 11.1. The smallest absolute Gasteiger partial charge is 0.331 e. The third kappa shape index (κ3) is 2.65. The third-order valence-electron chi connectivity index (χ3n) is 3.41. The highest BCUT2D eigenvalue weighted by Crippen LogP contribution is 2.40. The van der Waals surface area contributed by atoms with Gasteiger partial charge >= 0.3 is 11.9 Å².